The second-order valence-corrected chi connectivity index (χ2v) is 5.83. The van der Waals surface area contributed by atoms with Crippen LogP contribution in [0.5, 0.6) is 5.75 Å². The van der Waals surface area contributed by atoms with Gasteiger partial charge in [-0.05, 0) is 39.1 Å². The van der Waals surface area contributed by atoms with E-state index < -0.39 is 0 Å². The van der Waals surface area contributed by atoms with Crippen molar-refractivity contribution in [3.63, 3.8) is 0 Å². The van der Waals surface area contributed by atoms with E-state index in [1.54, 1.807) is 7.11 Å². The lowest BCUT2D eigenvalue weighted by Crippen LogP contribution is -2.24. The van der Waals surface area contributed by atoms with Gasteiger partial charge < -0.3 is 4.74 Å². The van der Waals surface area contributed by atoms with Crippen molar-refractivity contribution in [3.05, 3.63) is 40.4 Å². The minimum absolute atomic E-state index is 0.0958. The molecule has 19 heavy (non-hydrogen) atoms. The van der Waals surface area contributed by atoms with Gasteiger partial charge in [-0.15, -0.1) is 0 Å². The maximum absolute atomic E-state index is 5.38. The first-order chi connectivity index (χ1) is 8.93. The Kier molecular flexibility index (Phi) is 3.75. The summed E-state index contributed by atoms with van der Waals surface area (Å²) in [5.74, 6) is 1.79. The number of para-hydroxylation sites is 1. The summed E-state index contributed by atoms with van der Waals surface area (Å²) in [7, 11) is 1.68. The quantitative estimate of drug-likeness (QED) is 0.875. The monoisotopic (exact) mass is 277 g/mol. The molecule has 0 amide bonds. The van der Waals surface area contributed by atoms with E-state index in [2.05, 4.69) is 35.5 Å². The van der Waals surface area contributed by atoms with Crippen LogP contribution in [0.25, 0.3) is 0 Å². The van der Waals surface area contributed by atoms with Gasteiger partial charge in [0.25, 0.3) is 0 Å². The van der Waals surface area contributed by atoms with Crippen LogP contribution in [-0.4, -0.2) is 21.9 Å². The maximum Gasteiger partial charge on any atom is 0.195 e. The number of H-pyrrole nitrogens is 1. The molecule has 4 nitrogen and oxygen atoms in total. The third-order valence-corrected chi connectivity index (χ3v) is 3.23. The molecule has 0 spiro atoms. The number of hydrogen-bond acceptors (Lipinski definition) is 3. The minimum Gasteiger partial charge on any atom is -0.496 e. The molecule has 0 aliphatic carbocycles. The lowest BCUT2D eigenvalue weighted by atomic mass is 10.1. The first kappa shape index (κ1) is 13.8. The van der Waals surface area contributed by atoms with Gasteiger partial charge in [0.2, 0.25) is 0 Å². The van der Waals surface area contributed by atoms with E-state index in [9.17, 15) is 0 Å². The molecule has 1 heterocycles. The molecule has 0 fully saturated rings. The van der Waals surface area contributed by atoms with Crippen LogP contribution < -0.4 is 4.74 Å². The molecule has 1 aromatic carbocycles. The van der Waals surface area contributed by atoms with Gasteiger partial charge in [0, 0.05) is 17.5 Å². The number of benzene rings is 1. The third kappa shape index (κ3) is 2.87. The van der Waals surface area contributed by atoms with Crippen molar-refractivity contribution in [1.82, 2.24) is 14.8 Å². The average molecular weight is 277 g/mol. The first-order valence-corrected chi connectivity index (χ1v) is 6.63. The maximum atomic E-state index is 5.38. The summed E-state index contributed by atoms with van der Waals surface area (Å²) in [5.41, 5.74) is 1.01. The van der Waals surface area contributed by atoms with Crippen LogP contribution in [0.15, 0.2) is 24.3 Å². The molecule has 2 aromatic rings. The third-order valence-electron chi connectivity index (χ3n) is 2.95. The SMILES string of the molecule is COc1ccccc1Cc1n[nH]c(=S)n1C(C)(C)C. The fourth-order valence-corrected chi connectivity index (χ4v) is 2.58. The van der Waals surface area contributed by atoms with Gasteiger partial charge in [0.05, 0.1) is 7.11 Å². The van der Waals surface area contributed by atoms with E-state index in [0.717, 1.165) is 17.1 Å². The van der Waals surface area contributed by atoms with Crippen LogP contribution in [0.1, 0.15) is 32.2 Å². The predicted octanol–water partition coefficient (Wildman–Crippen LogP) is 3.30. The van der Waals surface area contributed by atoms with E-state index >= 15 is 0 Å². The number of rotatable bonds is 3. The molecule has 2 rings (SSSR count). The second-order valence-electron chi connectivity index (χ2n) is 5.44. The Labute approximate surface area is 118 Å². The number of aromatic nitrogens is 3. The molecule has 1 aromatic heterocycles. The normalized spacial score (nSPS) is 11.6. The van der Waals surface area contributed by atoms with E-state index in [-0.39, 0.29) is 5.54 Å². The summed E-state index contributed by atoms with van der Waals surface area (Å²) in [6, 6.07) is 7.96. The van der Waals surface area contributed by atoms with Gasteiger partial charge in [-0.1, -0.05) is 18.2 Å². The topological polar surface area (TPSA) is 42.8 Å². The fourth-order valence-electron chi connectivity index (χ4n) is 2.16. The average Bonchev–Trinajstić information content (AvgIpc) is 2.71. The molecule has 102 valence electrons. The standard InChI is InChI=1S/C14H19N3OS/c1-14(2,3)17-12(15-16-13(17)19)9-10-7-5-6-8-11(10)18-4/h5-8H,9H2,1-4H3,(H,16,19). The van der Waals surface area contributed by atoms with Gasteiger partial charge in [-0.2, -0.15) is 5.10 Å². The molecule has 0 atom stereocenters. The molecular formula is C14H19N3OS. The highest BCUT2D eigenvalue weighted by atomic mass is 32.1. The van der Waals surface area contributed by atoms with Gasteiger partial charge >= 0.3 is 0 Å². The van der Waals surface area contributed by atoms with Crippen molar-refractivity contribution in [1.29, 1.82) is 0 Å². The molecule has 0 aliphatic rings. The van der Waals surface area contributed by atoms with Crippen LogP contribution in [0.2, 0.25) is 0 Å². The summed E-state index contributed by atoms with van der Waals surface area (Å²) in [5, 5.41) is 7.22. The highest BCUT2D eigenvalue weighted by Gasteiger charge is 2.20. The Hall–Kier alpha value is -1.62. The Morgan fingerprint density at radius 3 is 2.63 bits per heavy atom. The first-order valence-electron chi connectivity index (χ1n) is 6.22. The predicted molar refractivity (Wildman–Crippen MR) is 78.2 cm³/mol. The van der Waals surface area contributed by atoms with Gasteiger partial charge in [-0.25, -0.2) is 0 Å². The highest BCUT2D eigenvalue weighted by molar-refractivity contribution is 7.71. The largest absolute Gasteiger partial charge is 0.496 e. The van der Waals surface area contributed by atoms with E-state index in [1.165, 1.54) is 0 Å². The number of hydrogen-bond donors (Lipinski definition) is 1. The lowest BCUT2D eigenvalue weighted by molar-refractivity contribution is 0.377. The fraction of sp³-hybridized carbons (Fsp3) is 0.429. The van der Waals surface area contributed by atoms with Crippen molar-refractivity contribution < 1.29 is 4.74 Å². The highest BCUT2D eigenvalue weighted by Crippen LogP contribution is 2.23. The van der Waals surface area contributed by atoms with Crippen LogP contribution in [0.4, 0.5) is 0 Å². The molecule has 0 aliphatic heterocycles. The molecule has 5 heteroatoms. The summed E-state index contributed by atoms with van der Waals surface area (Å²) < 4.78 is 8.08. The van der Waals surface area contributed by atoms with Crippen LogP contribution in [-0.2, 0) is 12.0 Å². The Morgan fingerprint density at radius 1 is 1.32 bits per heavy atom. The minimum atomic E-state index is -0.0958. The number of methoxy groups -OCH3 is 1. The van der Waals surface area contributed by atoms with E-state index in [1.807, 2.05) is 24.3 Å². The molecule has 0 saturated heterocycles. The van der Waals surface area contributed by atoms with Crippen molar-refractivity contribution in [2.24, 2.45) is 0 Å². The molecule has 0 radical (unpaired) electrons. The number of nitrogens with one attached hydrogen (secondary N) is 1. The van der Waals surface area contributed by atoms with E-state index in [4.69, 9.17) is 17.0 Å². The number of nitrogens with zero attached hydrogens (tertiary/aromatic N) is 2. The van der Waals surface area contributed by atoms with Crippen LogP contribution in [0.3, 0.4) is 0 Å². The smallest absolute Gasteiger partial charge is 0.195 e. The molecule has 0 unspecified atom stereocenters. The lowest BCUT2D eigenvalue weighted by Gasteiger charge is -2.22. The van der Waals surface area contributed by atoms with Gasteiger partial charge in [0.15, 0.2) is 4.77 Å². The summed E-state index contributed by atoms with van der Waals surface area (Å²) in [6.07, 6.45) is 0.689. The molecular weight excluding hydrogens is 258 g/mol. The zero-order valence-corrected chi connectivity index (χ0v) is 12.5. The molecule has 0 saturated carbocycles. The zero-order valence-electron chi connectivity index (χ0n) is 11.7. The summed E-state index contributed by atoms with van der Waals surface area (Å²) >= 11 is 5.31. The summed E-state index contributed by atoms with van der Waals surface area (Å²) in [6.45, 7) is 6.35. The Bertz CT molecular complexity index is 622. The van der Waals surface area contributed by atoms with Crippen molar-refractivity contribution in [2.75, 3.05) is 7.11 Å². The van der Waals surface area contributed by atoms with Crippen molar-refractivity contribution in [3.8, 4) is 5.75 Å². The Balaban J connectivity index is 2.42. The van der Waals surface area contributed by atoms with Gasteiger partial charge in [-0.3, -0.25) is 9.67 Å². The van der Waals surface area contributed by atoms with Crippen molar-refractivity contribution >= 4 is 12.2 Å². The second kappa shape index (κ2) is 5.17. The van der Waals surface area contributed by atoms with Crippen LogP contribution in [0, 0.1) is 4.77 Å². The number of ether oxygens (including phenoxy) is 1. The van der Waals surface area contributed by atoms with Crippen LogP contribution >= 0.6 is 12.2 Å². The van der Waals surface area contributed by atoms with Gasteiger partial charge in [0.1, 0.15) is 11.6 Å². The van der Waals surface area contributed by atoms with E-state index in [0.29, 0.717) is 11.2 Å². The Morgan fingerprint density at radius 2 is 2.00 bits per heavy atom. The molecule has 0 bridgehead atoms. The summed E-state index contributed by atoms with van der Waals surface area (Å²) in [4.78, 5) is 0. The number of aromatic amines is 1. The zero-order chi connectivity index (χ0) is 14.0. The van der Waals surface area contributed by atoms with Crippen molar-refractivity contribution in [2.45, 2.75) is 32.7 Å². The molecule has 1 N–H and O–H groups in total.